The molecule has 0 aliphatic heterocycles. The number of nitrogens with zero attached hydrogens (tertiary/aromatic N) is 4. The van der Waals surface area contributed by atoms with E-state index < -0.39 is 0 Å². The monoisotopic (exact) mass is 814 g/mol. The summed E-state index contributed by atoms with van der Waals surface area (Å²) in [6, 6.07) is 82.9. The fourth-order valence-corrected chi connectivity index (χ4v) is 9.93. The van der Waals surface area contributed by atoms with Crippen molar-refractivity contribution in [2.24, 2.45) is 0 Å². The maximum absolute atomic E-state index is 5.36. The van der Waals surface area contributed by atoms with E-state index in [2.05, 4.69) is 234 Å². The van der Waals surface area contributed by atoms with Crippen molar-refractivity contribution in [1.82, 2.24) is 19.1 Å². The molecule has 0 bridgehead atoms. The predicted octanol–water partition coefficient (Wildman–Crippen LogP) is 15.6. The third-order valence-electron chi connectivity index (χ3n) is 12.9. The summed E-state index contributed by atoms with van der Waals surface area (Å²) < 4.78 is 4.69. The zero-order valence-electron chi connectivity index (χ0n) is 34.7. The molecule has 0 saturated carbocycles. The molecule has 0 N–H and O–H groups in total. The Kier molecular flexibility index (Phi) is 8.18. The second-order valence-corrected chi connectivity index (χ2v) is 16.6. The van der Waals surface area contributed by atoms with Gasteiger partial charge in [-0.2, -0.15) is 0 Å². The summed E-state index contributed by atoms with van der Waals surface area (Å²) in [6.07, 6.45) is 0. The maximum Gasteiger partial charge on any atom is 0.235 e. The first kappa shape index (κ1) is 36.1. The summed E-state index contributed by atoms with van der Waals surface area (Å²) in [5.74, 6) is 0.654. The number of fused-ring (bicyclic) bond motifs is 9. The Balaban J connectivity index is 1.02. The van der Waals surface area contributed by atoms with Crippen LogP contribution < -0.4 is 0 Å². The largest absolute Gasteiger partial charge is 0.309 e. The first-order valence-corrected chi connectivity index (χ1v) is 21.8. The van der Waals surface area contributed by atoms with Crippen LogP contribution in [-0.4, -0.2) is 19.1 Å². The van der Waals surface area contributed by atoms with E-state index in [1.54, 1.807) is 0 Å². The average Bonchev–Trinajstić information content (AvgIpc) is 3.89. The van der Waals surface area contributed by atoms with Gasteiger partial charge in [-0.25, -0.2) is 9.97 Å². The second kappa shape index (κ2) is 14.5. The Morgan fingerprint density at radius 3 is 1.52 bits per heavy atom. The minimum atomic E-state index is 0.654. The molecule has 0 aliphatic rings. The molecule has 64 heavy (non-hydrogen) atoms. The van der Waals surface area contributed by atoms with Crippen LogP contribution in [0.15, 0.2) is 231 Å². The van der Waals surface area contributed by atoms with Crippen molar-refractivity contribution in [2.75, 3.05) is 0 Å². The number of hydrogen-bond acceptors (Lipinski definition) is 2. The van der Waals surface area contributed by atoms with Crippen LogP contribution in [0.2, 0.25) is 0 Å². The molecule has 0 fully saturated rings. The van der Waals surface area contributed by atoms with Gasteiger partial charge in [0.1, 0.15) is 0 Å². The standard InChI is InChI=1S/C60H38N4/c1-4-16-39(17-5-1)45-34-46(40-18-6-2-7-19-40)36-47(35-45)63-54-27-15-13-24-49(54)51-37-43(29-31-55(51)63)44-30-32-56-52(38-44)58-48-23-11-10-20-41(48)28-33-57(58)64(56)60-61-53-26-14-12-25-50(53)59(62-60)42-21-8-3-9-22-42/h1-38H. The van der Waals surface area contributed by atoms with Gasteiger partial charge in [0, 0.05) is 38.2 Å². The Labute approximate surface area is 369 Å². The Hall–Kier alpha value is -8.60. The highest BCUT2D eigenvalue weighted by Crippen LogP contribution is 2.42. The lowest BCUT2D eigenvalue weighted by molar-refractivity contribution is 1.01. The van der Waals surface area contributed by atoms with E-state index in [0.29, 0.717) is 5.95 Å². The fourth-order valence-electron chi connectivity index (χ4n) is 9.93. The fraction of sp³-hybridized carbons (Fsp3) is 0. The van der Waals surface area contributed by atoms with Crippen LogP contribution in [0, 0.1) is 0 Å². The van der Waals surface area contributed by atoms with E-state index in [1.165, 1.54) is 60.2 Å². The highest BCUT2D eigenvalue weighted by molar-refractivity contribution is 6.22. The normalized spacial score (nSPS) is 11.8. The molecular weight excluding hydrogens is 777 g/mol. The van der Waals surface area contributed by atoms with Crippen molar-refractivity contribution >= 4 is 65.3 Å². The van der Waals surface area contributed by atoms with E-state index in [4.69, 9.17) is 9.97 Å². The molecule has 0 amide bonds. The molecule has 4 nitrogen and oxygen atoms in total. The summed E-state index contributed by atoms with van der Waals surface area (Å²) in [5.41, 5.74) is 15.6. The van der Waals surface area contributed by atoms with Gasteiger partial charge in [-0.1, -0.05) is 170 Å². The molecule has 13 rings (SSSR count). The van der Waals surface area contributed by atoms with Gasteiger partial charge in [-0.3, -0.25) is 4.57 Å². The van der Waals surface area contributed by atoms with Gasteiger partial charge in [0.15, 0.2) is 0 Å². The molecular formula is C60H38N4. The SMILES string of the molecule is c1ccc(-c2cc(-c3ccccc3)cc(-n3c4ccccc4c4cc(-c5ccc6c(c5)c5c7ccccc7ccc5n6-c5nc(-c6ccccc6)c6ccccc6n5)ccc43)c2)cc1. The minimum Gasteiger partial charge on any atom is -0.309 e. The maximum atomic E-state index is 5.36. The van der Waals surface area contributed by atoms with Crippen molar-refractivity contribution in [3.05, 3.63) is 231 Å². The smallest absolute Gasteiger partial charge is 0.235 e. The highest BCUT2D eigenvalue weighted by Gasteiger charge is 2.21. The summed E-state index contributed by atoms with van der Waals surface area (Å²) in [4.78, 5) is 10.6. The lowest BCUT2D eigenvalue weighted by Crippen LogP contribution is -2.03. The first-order chi connectivity index (χ1) is 31.7. The molecule has 3 aromatic heterocycles. The lowest BCUT2D eigenvalue weighted by atomic mass is 9.98. The van der Waals surface area contributed by atoms with Gasteiger partial charge < -0.3 is 4.57 Å². The molecule has 0 unspecified atom stereocenters. The van der Waals surface area contributed by atoms with Gasteiger partial charge in [-0.15, -0.1) is 0 Å². The van der Waals surface area contributed by atoms with Crippen LogP contribution in [0.3, 0.4) is 0 Å². The molecule has 3 heterocycles. The van der Waals surface area contributed by atoms with Crippen molar-refractivity contribution in [3.63, 3.8) is 0 Å². The molecule has 0 radical (unpaired) electrons. The molecule has 13 aromatic rings. The van der Waals surface area contributed by atoms with Crippen LogP contribution in [0.4, 0.5) is 0 Å². The first-order valence-electron chi connectivity index (χ1n) is 21.8. The topological polar surface area (TPSA) is 35.6 Å². The van der Waals surface area contributed by atoms with Crippen LogP contribution in [0.25, 0.3) is 122 Å². The Bertz CT molecular complexity index is 3880. The predicted molar refractivity (Wildman–Crippen MR) is 267 cm³/mol. The summed E-state index contributed by atoms with van der Waals surface area (Å²) in [6.45, 7) is 0. The van der Waals surface area contributed by atoms with Crippen molar-refractivity contribution < 1.29 is 0 Å². The third kappa shape index (κ3) is 5.77. The van der Waals surface area contributed by atoms with Crippen molar-refractivity contribution in [1.29, 1.82) is 0 Å². The van der Waals surface area contributed by atoms with Gasteiger partial charge in [0.25, 0.3) is 0 Å². The van der Waals surface area contributed by atoms with Gasteiger partial charge in [0.2, 0.25) is 5.95 Å². The lowest BCUT2D eigenvalue weighted by Gasteiger charge is -2.14. The molecule has 0 spiro atoms. The molecule has 4 heteroatoms. The summed E-state index contributed by atoms with van der Waals surface area (Å²) >= 11 is 0. The number of aromatic nitrogens is 4. The molecule has 0 saturated heterocycles. The summed E-state index contributed by atoms with van der Waals surface area (Å²) in [7, 11) is 0. The molecule has 10 aromatic carbocycles. The Morgan fingerprint density at radius 2 is 0.812 bits per heavy atom. The van der Waals surface area contributed by atoms with Gasteiger partial charge in [0.05, 0.1) is 33.3 Å². The van der Waals surface area contributed by atoms with E-state index in [9.17, 15) is 0 Å². The zero-order valence-corrected chi connectivity index (χ0v) is 34.7. The number of rotatable bonds is 6. The molecule has 298 valence electrons. The molecule has 0 atom stereocenters. The quantitative estimate of drug-likeness (QED) is 0.168. The number of para-hydroxylation sites is 2. The van der Waals surface area contributed by atoms with Gasteiger partial charge in [-0.05, 0) is 105 Å². The van der Waals surface area contributed by atoms with Crippen LogP contribution in [0.5, 0.6) is 0 Å². The zero-order chi connectivity index (χ0) is 42.1. The van der Waals surface area contributed by atoms with E-state index in [1.807, 2.05) is 6.07 Å². The van der Waals surface area contributed by atoms with E-state index >= 15 is 0 Å². The van der Waals surface area contributed by atoms with Crippen LogP contribution >= 0.6 is 0 Å². The molecule has 0 aliphatic carbocycles. The van der Waals surface area contributed by atoms with Gasteiger partial charge >= 0.3 is 0 Å². The van der Waals surface area contributed by atoms with Crippen molar-refractivity contribution in [2.45, 2.75) is 0 Å². The van der Waals surface area contributed by atoms with Crippen molar-refractivity contribution in [3.8, 4) is 56.3 Å². The van der Waals surface area contributed by atoms with E-state index in [0.717, 1.165) is 55.4 Å². The Morgan fingerprint density at radius 1 is 0.281 bits per heavy atom. The van der Waals surface area contributed by atoms with E-state index in [-0.39, 0.29) is 0 Å². The number of hydrogen-bond donors (Lipinski definition) is 0. The minimum absolute atomic E-state index is 0.654. The third-order valence-corrected chi connectivity index (χ3v) is 12.9. The highest BCUT2D eigenvalue weighted by atomic mass is 15.2. The second-order valence-electron chi connectivity index (χ2n) is 16.6. The average molecular weight is 815 g/mol. The number of benzene rings is 10. The summed E-state index contributed by atoms with van der Waals surface area (Å²) in [5, 5.41) is 8.22. The van der Waals surface area contributed by atoms with Crippen LogP contribution in [-0.2, 0) is 0 Å². The van der Waals surface area contributed by atoms with Crippen LogP contribution in [0.1, 0.15) is 0 Å².